The van der Waals surface area contributed by atoms with E-state index in [1.165, 1.54) is 19.6 Å². The first-order valence-electron chi connectivity index (χ1n) is 18.0. The third-order valence-electron chi connectivity index (χ3n) is 8.53. The number of hydrogen-bond acceptors (Lipinski definition) is 7. The van der Waals surface area contributed by atoms with Crippen LogP contribution < -0.4 is 21.3 Å². The highest BCUT2D eigenvalue weighted by molar-refractivity contribution is 8.00. The molecule has 0 fully saturated rings. The first-order chi connectivity index (χ1) is 27.2. The van der Waals surface area contributed by atoms with Gasteiger partial charge in [-0.1, -0.05) is 108 Å². The standard InChI is InChI=1S/C48H38N4S3/c1-5-13-35(14-6-1)49-39-21-31-45(51-37-17-9-3-10-18-37)47(33-39)54-43-27-23-41(24-28-43)53-42-25-29-44(30-26-42)55-48-34-40(50-36-15-7-2-8-16-36)22-32-46(48)52-38-19-11-4-12-20-38/h1-34,49-52H. The fraction of sp³-hybridized carbons (Fsp3) is 0. The summed E-state index contributed by atoms with van der Waals surface area (Å²) in [5.74, 6) is 0. The van der Waals surface area contributed by atoms with Crippen molar-refractivity contribution in [3.63, 3.8) is 0 Å². The summed E-state index contributed by atoms with van der Waals surface area (Å²) in [6.07, 6.45) is 0. The molecule has 0 aliphatic rings. The third-order valence-corrected chi connectivity index (χ3v) is 11.7. The van der Waals surface area contributed by atoms with Gasteiger partial charge in [-0.05, 0) is 133 Å². The Kier molecular flexibility index (Phi) is 11.7. The van der Waals surface area contributed by atoms with Gasteiger partial charge in [0.15, 0.2) is 0 Å². The van der Waals surface area contributed by atoms with Crippen molar-refractivity contribution in [2.75, 3.05) is 21.3 Å². The number of anilines is 8. The molecule has 0 amide bonds. The molecule has 8 aromatic rings. The molecule has 4 nitrogen and oxygen atoms in total. The van der Waals surface area contributed by atoms with E-state index in [0.29, 0.717) is 0 Å². The van der Waals surface area contributed by atoms with Crippen LogP contribution in [0.15, 0.2) is 236 Å². The van der Waals surface area contributed by atoms with E-state index in [-0.39, 0.29) is 0 Å². The van der Waals surface area contributed by atoms with E-state index in [2.05, 4.69) is 155 Å². The maximum atomic E-state index is 3.61. The van der Waals surface area contributed by atoms with Crippen LogP contribution in [0, 0.1) is 0 Å². The van der Waals surface area contributed by atoms with Crippen molar-refractivity contribution in [3.8, 4) is 0 Å². The van der Waals surface area contributed by atoms with Crippen LogP contribution in [-0.2, 0) is 0 Å². The van der Waals surface area contributed by atoms with Crippen LogP contribution in [-0.4, -0.2) is 0 Å². The maximum absolute atomic E-state index is 3.61. The van der Waals surface area contributed by atoms with Crippen molar-refractivity contribution >= 4 is 80.8 Å². The van der Waals surface area contributed by atoms with Crippen molar-refractivity contribution < 1.29 is 0 Å². The van der Waals surface area contributed by atoms with Gasteiger partial charge in [-0.3, -0.25) is 0 Å². The lowest BCUT2D eigenvalue weighted by molar-refractivity contribution is 1.31. The van der Waals surface area contributed by atoms with Crippen molar-refractivity contribution in [1.29, 1.82) is 0 Å². The summed E-state index contributed by atoms with van der Waals surface area (Å²) in [4.78, 5) is 7.02. The minimum absolute atomic E-state index is 1.04. The largest absolute Gasteiger partial charge is 0.355 e. The molecule has 0 radical (unpaired) electrons. The molecule has 0 aromatic heterocycles. The van der Waals surface area contributed by atoms with Gasteiger partial charge < -0.3 is 21.3 Å². The molecule has 0 aliphatic heterocycles. The van der Waals surface area contributed by atoms with Crippen LogP contribution in [0.5, 0.6) is 0 Å². The summed E-state index contributed by atoms with van der Waals surface area (Å²) >= 11 is 5.28. The zero-order valence-corrected chi connectivity index (χ0v) is 32.3. The molecule has 0 unspecified atom stereocenters. The van der Waals surface area contributed by atoms with E-state index < -0.39 is 0 Å². The molecular formula is C48H38N4S3. The molecule has 8 rings (SSSR count). The summed E-state index contributed by atoms with van der Waals surface area (Å²) in [5.41, 5.74) is 8.45. The van der Waals surface area contributed by atoms with E-state index >= 15 is 0 Å². The van der Waals surface area contributed by atoms with Crippen LogP contribution in [0.3, 0.4) is 0 Å². The molecule has 0 atom stereocenters. The Labute approximate surface area is 335 Å². The second-order valence-corrected chi connectivity index (χ2v) is 16.0. The van der Waals surface area contributed by atoms with Crippen molar-refractivity contribution in [2.45, 2.75) is 29.4 Å². The molecule has 55 heavy (non-hydrogen) atoms. The number of hydrogen-bond donors (Lipinski definition) is 4. The molecule has 7 heteroatoms. The van der Waals surface area contributed by atoms with Crippen LogP contribution in [0.2, 0.25) is 0 Å². The average molecular weight is 767 g/mol. The Hall–Kier alpha value is -5.99. The van der Waals surface area contributed by atoms with Crippen LogP contribution >= 0.6 is 35.3 Å². The summed E-state index contributed by atoms with van der Waals surface area (Å²) in [5, 5.41) is 14.3. The Morgan fingerprint density at radius 2 is 0.527 bits per heavy atom. The molecule has 0 heterocycles. The van der Waals surface area contributed by atoms with Crippen molar-refractivity contribution in [2.24, 2.45) is 0 Å². The molecule has 4 N–H and O–H groups in total. The summed E-state index contributed by atoms with van der Waals surface area (Å²) in [6.45, 7) is 0. The van der Waals surface area contributed by atoms with Crippen LogP contribution in [0.4, 0.5) is 45.5 Å². The second kappa shape index (κ2) is 17.9. The van der Waals surface area contributed by atoms with Crippen molar-refractivity contribution in [3.05, 3.63) is 206 Å². The molecule has 0 aliphatic carbocycles. The Morgan fingerprint density at radius 1 is 0.236 bits per heavy atom. The van der Waals surface area contributed by atoms with Gasteiger partial charge in [0.05, 0.1) is 11.4 Å². The molecule has 0 bridgehead atoms. The van der Waals surface area contributed by atoms with Gasteiger partial charge in [0.25, 0.3) is 0 Å². The van der Waals surface area contributed by atoms with E-state index in [0.717, 1.165) is 55.3 Å². The third kappa shape index (κ3) is 10.2. The topological polar surface area (TPSA) is 48.1 Å². The minimum atomic E-state index is 1.04. The van der Waals surface area contributed by atoms with E-state index in [1.54, 1.807) is 35.3 Å². The maximum Gasteiger partial charge on any atom is 0.0527 e. The lowest BCUT2D eigenvalue weighted by atomic mass is 10.2. The van der Waals surface area contributed by atoms with Crippen LogP contribution in [0.25, 0.3) is 0 Å². The molecule has 0 spiro atoms. The van der Waals surface area contributed by atoms with Gasteiger partial charge in [-0.2, -0.15) is 0 Å². The highest BCUT2D eigenvalue weighted by atomic mass is 32.2. The highest BCUT2D eigenvalue weighted by Gasteiger charge is 2.11. The van der Waals surface area contributed by atoms with Gasteiger partial charge in [-0.15, -0.1) is 0 Å². The zero-order valence-electron chi connectivity index (χ0n) is 29.9. The van der Waals surface area contributed by atoms with Crippen LogP contribution in [0.1, 0.15) is 0 Å². The van der Waals surface area contributed by atoms with Gasteiger partial charge in [0, 0.05) is 63.5 Å². The molecule has 8 aromatic carbocycles. The molecule has 0 saturated heterocycles. The minimum Gasteiger partial charge on any atom is -0.355 e. The highest BCUT2D eigenvalue weighted by Crippen LogP contribution is 2.41. The van der Waals surface area contributed by atoms with Gasteiger partial charge >= 0.3 is 0 Å². The second-order valence-electron chi connectivity index (χ2n) is 12.6. The summed E-state index contributed by atoms with van der Waals surface area (Å²) in [6, 6.07) is 71.8. The fourth-order valence-electron chi connectivity index (χ4n) is 5.85. The molecule has 268 valence electrons. The lowest BCUT2D eigenvalue weighted by Crippen LogP contribution is -1.95. The predicted molar refractivity (Wildman–Crippen MR) is 237 cm³/mol. The Balaban J connectivity index is 0.955. The number of nitrogens with one attached hydrogen (secondary N) is 4. The van der Waals surface area contributed by atoms with Gasteiger partial charge in [0.1, 0.15) is 0 Å². The predicted octanol–water partition coefficient (Wildman–Crippen LogP) is 15.1. The fourth-order valence-corrected chi connectivity index (χ4v) is 8.55. The summed E-state index contributed by atoms with van der Waals surface area (Å²) < 4.78 is 0. The van der Waals surface area contributed by atoms with E-state index in [1.807, 2.05) is 72.8 Å². The molecule has 0 saturated carbocycles. The quantitative estimate of drug-likeness (QED) is 0.0879. The first kappa shape index (κ1) is 36.0. The Bertz CT molecular complexity index is 2250. The Morgan fingerprint density at radius 3 is 0.855 bits per heavy atom. The van der Waals surface area contributed by atoms with Gasteiger partial charge in [-0.25, -0.2) is 0 Å². The SMILES string of the molecule is c1ccc(Nc2ccc(Nc3ccccc3)c(Sc3ccc(Sc4ccc(Sc5cc(Nc6ccccc6)ccc5Nc5ccccc5)cc4)cc3)c2)cc1. The smallest absolute Gasteiger partial charge is 0.0527 e. The van der Waals surface area contributed by atoms with Crippen molar-refractivity contribution in [1.82, 2.24) is 0 Å². The average Bonchev–Trinajstić information content (AvgIpc) is 3.23. The monoisotopic (exact) mass is 766 g/mol. The normalized spacial score (nSPS) is 10.8. The van der Waals surface area contributed by atoms with Gasteiger partial charge in [0.2, 0.25) is 0 Å². The number of benzene rings is 8. The van der Waals surface area contributed by atoms with E-state index in [9.17, 15) is 0 Å². The first-order valence-corrected chi connectivity index (χ1v) is 20.4. The summed E-state index contributed by atoms with van der Waals surface area (Å²) in [7, 11) is 0. The van der Waals surface area contributed by atoms with E-state index in [4.69, 9.17) is 0 Å². The molecular weight excluding hydrogens is 729 g/mol. The lowest BCUT2D eigenvalue weighted by Gasteiger charge is -2.15. The zero-order chi connectivity index (χ0) is 37.1. The number of rotatable bonds is 14. The number of para-hydroxylation sites is 4.